The van der Waals surface area contributed by atoms with Gasteiger partial charge in [-0.2, -0.15) is 0 Å². The maximum Gasteiger partial charge on any atom is 0.261 e. The average Bonchev–Trinajstić information content (AvgIpc) is 2.97. The van der Waals surface area contributed by atoms with E-state index in [4.69, 9.17) is 0 Å². The summed E-state index contributed by atoms with van der Waals surface area (Å²) in [6.07, 6.45) is 3.67. The van der Waals surface area contributed by atoms with E-state index >= 15 is 0 Å². The third kappa shape index (κ3) is 1.73. The number of hydrogen-bond acceptors (Lipinski definition) is 3. The van der Waals surface area contributed by atoms with E-state index in [1.807, 2.05) is 0 Å². The quantitative estimate of drug-likeness (QED) is 0.800. The molecule has 1 aromatic carbocycles. The third-order valence-corrected chi connectivity index (χ3v) is 4.37. The lowest BCUT2D eigenvalue weighted by Crippen LogP contribution is -2.31. The molecule has 0 saturated carbocycles. The van der Waals surface area contributed by atoms with Crippen molar-refractivity contribution in [3.8, 4) is 0 Å². The Kier molecular flexibility index (Phi) is 2.51. The number of carbonyl (C=O) groups is 3. The van der Waals surface area contributed by atoms with E-state index in [9.17, 15) is 14.4 Å². The SMILES string of the molecule is O=C1Cc2ccc(N3C(=O)C4=C(CCCC4)C3=O)cc2N1. The van der Waals surface area contributed by atoms with Crippen LogP contribution >= 0.6 is 0 Å². The molecule has 1 N–H and O–H groups in total. The highest BCUT2D eigenvalue weighted by atomic mass is 16.2. The molecule has 5 heteroatoms. The van der Waals surface area contributed by atoms with Gasteiger partial charge in [0.1, 0.15) is 0 Å². The molecule has 1 aliphatic carbocycles. The molecule has 2 heterocycles. The number of benzene rings is 1. The maximum atomic E-state index is 12.5. The second kappa shape index (κ2) is 4.28. The maximum absolute atomic E-state index is 12.5. The predicted octanol–water partition coefficient (Wildman–Crippen LogP) is 1.92. The molecule has 0 atom stereocenters. The van der Waals surface area contributed by atoms with Crippen molar-refractivity contribution in [1.82, 2.24) is 0 Å². The lowest BCUT2D eigenvalue weighted by atomic mass is 9.93. The van der Waals surface area contributed by atoms with Gasteiger partial charge in [-0.3, -0.25) is 14.4 Å². The van der Waals surface area contributed by atoms with E-state index in [2.05, 4.69) is 5.32 Å². The number of anilines is 2. The Balaban J connectivity index is 1.72. The Morgan fingerprint density at radius 1 is 0.952 bits per heavy atom. The second-order valence-corrected chi connectivity index (χ2v) is 5.68. The highest BCUT2D eigenvalue weighted by molar-refractivity contribution is 6.33. The van der Waals surface area contributed by atoms with Gasteiger partial charge in [-0.25, -0.2) is 4.90 Å². The van der Waals surface area contributed by atoms with E-state index in [1.165, 1.54) is 4.90 Å². The van der Waals surface area contributed by atoms with Gasteiger partial charge in [-0.05, 0) is 43.4 Å². The van der Waals surface area contributed by atoms with Gasteiger partial charge >= 0.3 is 0 Å². The normalized spacial score (nSPS) is 20.8. The van der Waals surface area contributed by atoms with Crippen LogP contribution in [0.2, 0.25) is 0 Å². The zero-order valence-electron chi connectivity index (χ0n) is 11.4. The van der Waals surface area contributed by atoms with E-state index in [0.717, 1.165) is 18.4 Å². The molecule has 0 aromatic heterocycles. The van der Waals surface area contributed by atoms with Crippen molar-refractivity contribution in [2.45, 2.75) is 32.1 Å². The Bertz CT molecular complexity index is 705. The van der Waals surface area contributed by atoms with Gasteiger partial charge in [0.05, 0.1) is 12.1 Å². The lowest BCUT2D eigenvalue weighted by molar-refractivity contribution is -0.120. The van der Waals surface area contributed by atoms with Crippen LogP contribution < -0.4 is 10.2 Å². The Labute approximate surface area is 121 Å². The highest BCUT2D eigenvalue weighted by Crippen LogP contribution is 2.37. The van der Waals surface area contributed by atoms with Gasteiger partial charge in [-0.15, -0.1) is 0 Å². The predicted molar refractivity (Wildman–Crippen MR) is 76.8 cm³/mol. The van der Waals surface area contributed by atoms with Crippen LogP contribution in [0.25, 0.3) is 0 Å². The van der Waals surface area contributed by atoms with Crippen molar-refractivity contribution >= 4 is 29.1 Å². The molecule has 5 nitrogen and oxygen atoms in total. The van der Waals surface area contributed by atoms with Gasteiger partial charge < -0.3 is 5.32 Å². The van der Waals surface area contributed by atoms with Crippen LogP contribution in [-0.2, 0) is 20.8 Å². The number of rotatable bonds is 1. The van der Waals surface area contributed by atoms with Crippen LogP contribution in [0.1, 0.15) is 31.2 Å². The van der Waals surface area contributed by atoms with Gasteiger partial charge in [-0.1, -0.05) is 6.07 Å². The number of carbonyl (C=O) groups excluding carboxylic acids is 3. The molecule has 0 radical (unpaired) electrons. The summed E-state index contributed by atoms with van der Waals surface area (Å²) >= 11 is 0. The molecule has 0 unspecified atom stereocenters. The molecule has 3 amide bonds. The van der Waals surface area contributed by atoms with Crippen LogP contribution in [-0.4, -0.2) is 17.7 Å². The van der Waals surface area contributed by atoms with Crippen molar-refractivity contribution in [2.75, 3.05) is 10.2 Å². The molecular weight excluding hydrogens is 268 g/mol. The summed E-state index contributed by atoms with van der Waals surface area (Å²) in [4.78, 5) is 37.6. The Morgan fingerprint density at radius 3 is 2.29 bits per heavy atom. The van der Waals surface area contributed by atoms with Crippen molar-refractivity contribution in [2.24, 2.45) is 0 Å². The first kappa shape index (κ1) is 12.3. The van der Waals surface area contributed by atoms with Crippen LogP contribution in [0.4, 0.5) is 11.4 Å². The summed E-state index contributed by atoms with van der Waals surface area (Å²) in [7, 11) is 0. The number of nitrogens with zero attached hydrogens (tertiary/aromatic N) is 1. The minimum atomic E-state index is -0.195. The standard InChI is InChI=1S/C16H14N2O3/c19-14-7-9-5-6-10(8-13(9)17-14)18-15(20)11-3-1-2-4-12(11)16(18)21/h5-6,8H,1-4,7H2,(H,17,19). The second-order valence-electron chi connectivity index (χ2n) is 5.68. The first-order valence-electron chi connectivity index (χ1n) is 7.19. The van der Waals surface area contributed by atoms with E-state index in [0.29, 0.717) is 41.8 Å². The van der Waals surface area contributed by atoms with Crippen molar-refractivity contribution in [1.29, 1.82) is 0 Å². The largest absolute Gasteiger partial charge is 0.325 e. The van der Waals surface area contributed by atoms with Gasteiger partial charge in [0.2, 0.25) is 5.91 Å². The van der Waals surface area contributed by atoms with E-state index in [1.54, 1.807) is 18.2 Å². The summed E-state index contributed by atoms with van der Waals surface area (Å²) in [5.74, 6) is -0.448. The van der Waals surface area contributed by atoms with Crippen molar-refractivity contribution in [3.05, 3.63) is 34.9 Å². The molecule has 106 valence electrons. The highest BCUT2D eigenvalue weighted by Gasteiger charge is 2.39. The van der Waals surface area contributed by atoms with Gasteiger partial charge in [0, 0.05) is 16.8 Å². The Morgan fingerprint density at radius 2 is 1.62 bits per heavy atom. The summed E-state index contributed by atoms with van der Waals surface area (Å²) in [6, 6.07) is 5.27. The molecule has 0 bridgehead atoms. The third-order valence-electron chi connectivity index (χ3n) is 4.37. The zero-order chi connectivity index (χ0) is 14.6. The molecule has 3 aliphatic rings. The smallest absolute Gasteiger partial charge is 0.261 e. The number of fused-ring (bicyclic) bond motifs is 1. The van der Waals surface area contributed by atoms with Gasteiger partial charge in [0.15, 0.2) is 0 Å². The summed E-state index contributed by atoms with van der Waals surface area (Å²) in [6.45, 7) is 0. The fourth-order valence-electron chi connectivity index (χ4n) is 3.32. The number of amides is 3. The fourth-order valence-corrected chi connectivity index (χ4v) is 3.32. The molecule has 21 heavy (non-hydrogen) atoms. The first-order valence-corrected chi connectivity index (χ1v) is 7.19. The summed E-state index contributed by atoms with van der Waals surface area (Å²) in [5, 5.41) is 2.75. The minimum absolute atomic E-state index is 0.0568. The topological polar surface area (TPSA) is 66.5 Å². The van der Waals surface area contributed by atoms with Crippen molar-refractivity contribution < 1.29 is 14.4 Å². The van der Waals surface area contributed by atoms with E-state index in [-0.39, 0.29) is 17.7 Å². The molecule has 1 aromatic rings. The molecule has 0 saturated heterocycles. The number of imide groups is 1. The van der Waals surface area contributed by atoms with Gasteiger partial charge in [0.25, 0.3) is 11.8 Å². The molecule has 0 fully saturated rings. The molecule has 2 aliphatic heterocycles. The molecule has 0 spiro atoms. The summed E-state index contributed by atoms with van der Waals surface area (Å²) in [5.41, 5.74) is 3.50. The fraction of sp³-hybridized carbons (Fsp3) is 0.312. The molecular formula is C16H14N2O3. The van der Waals surface area contributed by atoms with Crippen LogP contribution in [0.5, 0.6) is 0 Å². The monoisotopic (exact) mass is 282 g/mol. The van der Waals surface area contributed by atoms with E-state index < -0.39 is 0 Å². The molecule has 4 rings (SSSR count). The average molecular weight is 282 g/mol. The van der Waals surface area contributed by atoms with Crippen LogP contribution in [0.3, 0.4) is 0 Å². The minimum Gasteiger partial charge on any atom is -0.325 e. The zero-order valence-corrected chi connectivity index (χ0v) is 11.4. The lowest BCUT2D eigenvalue weighted by Gasteiger charge is -2.16. The number of nitrogens with one attached hydrogen (secondary N) is 1. The summed E-state index contributed by atoms with van der Waals surface area (Å²) < 4.78 is 0. The Hall–Kier alpha value is -2.43. The van der Waals surface area contributed by atoms with Crippen LogP contribution in [0, 0.1) is 0 Å². The van der Waals surface area contributed by atoms with Crippen LogP contribution in [0.15, 0.2) is 29.3 Å². The number of hydrogen-bond donors (Lipinski definition) is 1. The van der Waals surface area contributed by atoms with Crippen molar-refractivity contribution in [3.63, 3.8) is 0 Å². The first-order chi connectivity index (χ1) is 10.1.